The van der Waals surface area contributed by atoms with Crippen LogP contribution in [0.4, 0.5) is 5.82 Å². The molecule has 8 heteroatoms. The quantitative estimate of drug-likeness (QED) is 0.747. The molecule has 126 valence electrons. The number of rotatable bonds is 7. The van der Waals surface area contributed by atoms with Gasteiger partial charge in [-0.2, -0.15) is 9.97 Å². The maximum absolute atomic E-state index is 12.2. The SMILES string of the molecule is CCCCOc1nc(N)c2[nH]c(=O)n(CCC3CCCO3)c2n1. The molecule has 3 rings (SSSR count). The standard InChI is InChI=1S/C15H23N5O3/c1-2-3-8-23-14-18-12(16)11-13(19-14)20(15(21)17-11)7-6-10-5-4-9-22-10/h10H,2-9H2,1H3,(H,17,21)(H2,16,18,19). The second-order valence-electron chi connectivity index (χ2n) is 5.80. The molecule has 0 bridgehead atoms. The second kappa shape index (κ2) is 6.99. The van der Waals surface area contributed by atoms with Crippen LogP contribution in [0, 0.1) is 0 Å². The van der Waals surface area contributed by atoms with E-state index in [0.29, 0.717) is 24.3 Å². The minimum absolute atomic E-state index is 0.214. The van der Waals surface area contributed by atoms with Crippen LogP contribution in [0.15, 0.2) is 4.79 Å². The lowest BCUT2D eigenvalue weighted by molar-refractivity contribution is 0.100. The predicted molar refractivity (Wildman–Crippen MR) is 86.6 cm³/mol. The van der Waals surface area contributed by atoms with E-state index in [1.54, 1.807) is 4.57 Å². The number of nitrogens with one attached hydrogen (secondary N) is 1. The minimum atomic E-state index is -0.232. The van der Waals surface area contributed by atoms with Crippen LogP contribution in [0.25, 0.3) is 11.2 Å². The number of H-pyrrole nitrogens is 1. The Morgan fingerprint density at radius 2 is 2.35 bits per heavy atom. The third-order valence-electron chi connectivity index (χ3n) is 4.06. The van der Waals surface area contributed by atoms with Gasteiger partial charge in [0.1, 0.15) is 5.52 Å². The van der Waals surface area contributed by atoms with E-state index in [2.05, 4.69) is 21.9 Å². The Kier molecular flexibility index (Phi) is 4.80. The summed E-state index contributed by atoms with van der Waals surface area (Å²) in [6.07, 6.45) is 5.06. The third kappa shape index (κ3) is 3.47. The van der Waals surface area contributed by atoms with Crippen LogP contribution in [0.5, 0.6) is 6.01 Å². The van der Waals surface area contributed by atoms with Crippen LogP contribution in [-0.4, -0.2) is 38.8 Å². The summed E-state index contributed by atoms with van der Waals surface area (Å²) in [5, 5.41) is 0. The van der Waals surface area contributed by atoms with Gasteiger partial charge < -0.3 is 20.2 Å². The van der Waals surface area contributed by atoms with Gasteiger partial charge in [-0.1, -0.05) is 13.3 Å². The first-order valence-electron chi connectivity index (χ1n) is 8.19. The maximum Gasteiger partial charge on any atom is 0.327 e. The highest BCUT2D eigenvalue weighted by Crippen LogP contribution is 2.20. The summed E-state index contributed by atoms with van der Waals surface area (Å²) >= 11 is 0. The van der Waals surface area contributed by atoms with Gasteiger partial charge in [0.2, 0.25) is 0 Å². The van der Waals surface area contributed by atoms with Gasteiger partial charge >= 0.3 is 11.7 Å². The van der Waals surface area contributed by atoms with Gasteiger partial charge in [0.25, 0.3) is 0 Å². The summed E-state index contributed by atoms with van der Waals surface area (Å²) in [4.78, 5) is 23.3. The Morgan fingerprint density at radius 1 is 1.48 bits per heavy atom. The highest BCUT2D eigenvalue weighted by Gasteiger charge is 2.18. The van der Waals surface area contributed by atoms with E-state index in [-0.39, 0.29) is 23.6 Å². The number of aromatic nitrogens is 4. The van der Waals surface area contributed by atoms with Crippen LogP contribution in [-0.2, 0) is 11.3 Å². The first-order chi connectivity index (χ1) is 11.2. The Labute approximate surface area is 134 Å². The molecule has 1 fully saturated rings. The molecular formula is C15H23N5O3. The Hall–Kier alpha value is -2.09. The zero-order valence-corrected chi connectivity index (χ0v) is 13.4. The van der Waals surface area contributed by atoms with Crippen LogP contribution in [0.3, 0.4) is 0 Å². The molecule has 2 aromatic rings. The number of aryl methyl sites for hydroxylation is 1. The summed E-state index contributed by atoms with van der Waals surface area (Å²) in [6, 6.07) is 0.216. The fourth-order valence-electron chi connectivity index (χ4n) is 2.76. The maximum atomic E-state index is 12.2. The number of hydrogen-bond acceptors (Lipinski definition) is 6. The number of ether oxygens (including phenoxy) is 2. The summed E-state index contributed by atoms with van der Waals surface area (Å²) in [5.41, 5.74) is 6.65. The molecule has 1 saturated heterocycles. The first kappa shape index (κ1) is 15.8. The van der Waals surface area contributed by atoms with Crippen molar-refractivity contribution >= 4 is 17.0 Å². The fourth-order valence-corrected chi connectivity index (χ4v) is 2.76. The number of nitrogen functional groups attached to an aromatic ring is 1. The fraction of sp³-hybridized carbons (Fsp3) is 0.667. The van der Waals surface area contributed by atoms with E-state index in [9.17, 15) is 4.79 Å². The van der Waals surface area contributed by atoms with Gasteiger partial charge in [-0.15, -0.1) is 0 Å². The number of fused-ring (bicyclic) bond motifs is 1. The van der Waals surface area contributed by atoms with Crippen molar-refractivity contribution in [1.29, 1.82) is 0 Å². The number of imidazole rings is 1. The topological polar surface area (TPSA) is 108 Å². The molecule has 0 spiro atoms. The third-order valence-corrected chi connectivity index (χ3v) is 4.06. The van der Waals surface area contributed by atoms with E-state index in [4.69, 9.17) is 15.2 Å². The highest BCUT2D eigenvalue weighted by atomic mass is 16.5. The molecular weight excluding hydrogens is 298 g/mol. The van der Waals surface area contributed by atoms with E-state index in [1.807, 2.05) is 0 Å². The molecule has 8 nitrogen and oxygen atoms in total. The zero-order valence-electron chi connectivity index (χ0n) is 13.4. The molecule has 0 saturated carbocycles. The van der Waals surface area contributed by atoms with Crippen LogP contribution in [0.2, 0.25) is 0 Å². The predicted octanol–water partition coefficient (Wildman–Crippen LogP) is 1.45. The van der Waals surface area contributed by atoms with Crippen molar-refractivity contribution in [3.8, 4) is 6.01 Å². The average Bonchev–Trinajstić information content (AvgIpc) is 3.14. The first-order valence-corrected chi connectivity index (χ1v) is 8.19. The highest BCUT2D eigenvalue weighted by molar-refractivity contribution is 5.81. The molecule has 3 heterocycles. The molecule has 0 aromatic carbocycles. The number of nitrogens with zero attached hydrogens (tertiary/aromatic N) is 3. The van der Waals surface area contributed by atoms with Gasteiger partial charge in [-0.3, -0.25) is 4.57 Å². The molecule has 2 aromatic heterocycles. The number of anilines is 1. The summed E-state index contributed by atoms with van der Waals surface area (Å²) < 4.78 is 12.7. The van der Waals surface area contributed by atoms with Crippen molar-refractivity contribution in [2.45, 2.75) is 51.7 Å². The lowest BCUT2D eigenvalue weighted by Crippen LogP contribution is -2.20. The van der Waals surface area contributed by atoms with Gasteiger partial charge in [-0.25, -0.2) is 4.79 Å². The van der Waals surface area contributed by atoms with Gasteiger partial charge in [0.15, 0.2) is 11.5 Å². The summed E-state index contributed by atoms with van der Waals surface area (Å²) in [6.45, 7) is 3.95. The van der Waals surface area contributed by atoms with Gasteiger partial charge in [0.05, 0.1) is 12.7 Å². The van der Waals surface area contributed by atoms with Crippen LogP contribution < -0.4 is 16.2 Å². The smallest absolute Gasteiger partial charge is 0.327 e. The molecule has 1 unspecified atom stereocenters. The zero-order chi connectivity index (χ0) is 16.2. The van der Waals surface area contributed by atoms with E-state index in [0.717, 1.165) is 38.7 Å². The lowest BCUT2D eigenvalue weighted by atomic mass is 10.2. The normalized spacial score (nSPS) is 17.9. The largest absolute Gasteiger partial charge is 0.463 e. The van der Waals surface area contributed by atoms with Crippen molar-refractivity contribution in [1.82, 2.24) is 19.5 Å². The molecule has 1 atom stereocenters. The van der Waals surface area contributed by atoms with Crippen molar-refractivity contribution in [3.63, 3.8) is 0 Å². The monoisotopic (exact) mass is 321 g/mol. The average molecular weight is 321 g/mol. The minimum Gasteiger partial charge on any atom is -0.463 e. The second-order valence-corrected chi connectivity index (χ2v) is 5.80. The van der Waals surface area contributed by atoms with Crippen molar-refractivity contribution in [3.05, 3.63) is 10.5 Å². The molecule has 1 aliphatic heterocycles. The molecule has 0 radical (unpaired) electrons. The Bertz CT molecular complexity index is 718. The van der Waals surface area contributed by atoms with E-state index >= 15 is 0 Å². The molecule has 23 heavy (non-hydrogen) atoms. The lowest BCUT2D eigenvalue weighted by Gasteiger charge is -2.10. The Balaban J connectivity index is 1.83. The number of unbranched alkanes of at least 4 members (excludes halogenated alkanes) is 1. The molecule has 3 N–H and O–H groups in total. The van der Waals surface area contributed by atoms with Gasteiger partial charge in [-0.05, 0) is 25.7 Å². The van der Waals surface area contributed by atoms with E-state index < -0.39 is 0 Å². The van der Waals surface area contributed by atoms with Crippen LogP contribution in [0.1, 0.15) is 39.0 Å². The number of nitrogens with two attached hydrogens (primary N) is 1. The van der Waals surface area contributed by atoms with Crippen molar-refractivity contribution in [2.75, 3.05) is 18.9 Å². The molecule has 0 amide bonds. The summed E-state index contributed by atoms with van der Waals surface area (Å²) in [7, 11) is 0. The van der Waals surface area contributed by atoms with Crippen LogP contribution >= 0.6 is 0 Å². The van der Waals surface area contributed by atoms with Crippen molar-refractivity contribution in [2.24, 2.45) is 0 Å². The number of hydrogen-bond donors (Lipinski definition) is 2. The van der Waals surface area contributed by atoms with Gasteiger partial charge in [0, 0.05) is 13.2 Å². The van der Waals surface area contributed by atoms with E-state index in [1.165, 1.54) is 0 Å². The number of aromatic amines is 1. The Morgan fingerprint density at radius 3 is 3.09 bits per heavy atom. The van der Waals surface area contributed by atoms with Crippen molar-refractivity contribution < 1.29 is 9.47 Å². The molecule has 0 aliphatic carbocycles. The summed E-state index contributed by atoms with van der Waals surface area (Å²) in [5.74, 6) is 0.231. The molecule has 1 aliphatic rings.